The topological polar surface area (TPSA) is 35.5 Å². The molecule has 3 nitrogen and oxygen atoms in total. The van der Waals surface area contributed by atoms with E-state index in [4.69, 9.17) is 5.11 Å². The van der Waals surface area contributed by atoms with Crippen LogP contribution < -0.4 is 5.32 Å². The Morgan fingerprint density at radius 1 is 1.06 bits per heavy atom. The van der Waals surface area contributed by atoms with E-state index >= 15 is 0 Å². The SMILES string of the molecule is CCN(CCCCCCO)C1CC2CCC(C1)N2. The summed E-state index contributed by atoms with van der Waals surface area (Å²) >= 11 is 0. The fourth-order valence-corrected chi connectivity index (χ4v) is 3.70. The molecule has 0 radical (unpaired) electrons. The normalized spacial score (nSPS) is 31.2. The highest BCUT2D eigenvalue weighted by Crippen LogP contribution is 2.29. The molecule has 2 aliphatic rings. The summed E-state index contributed by atoms with van der Waals surface area (Å²) < 4.78 is 0. The zero-order valence-electron chi connectivity index (χ0n) is 11.9. The summed E-state index contributed by atoms with van der Waals surface area (Å²) in [5.41, 5.74) is 0. The van der Waals surface area contributed by atoms with Crippen LogP contribution in [0.15, 0.2) is 0 Å². The molecule has 2 fully saturated rings. The Kier molecular flexibility index (Phi) is 5.93. The van der Waals surface area contributed by atoms with Crippen LogP contribution in [0.1, 0.15) is 58.3 Å². The van der Waals surface area contributed by atoms with Gasteiger partial charge in [0, 0.05) is 24.7 Å². The molecule has 0 saturated carbocycles. The number of aliphatic hydroxyl groups is 1. The van der Waals surface area contributed by atoms with E-state index in [1.165, 1.54) is 58.0 Å². The summed E-state index contributed by atoms with van der Waals surface area (Å²) in [7, 11) is 0. The zero-order valence-corrected chi connectivity index (χ0v) is 11.9. The second-order valence-electron chi connectivity index (χ2n) is 6.03. The Balaban J connectivity index is 1.68. The standard InChI is InChI=1S/C15H30N2O/c1-2-17(9-5-3-4-6-10-18)15-11-13-7-8-14(12-15)16-13/h13-16,18H,2-12H2,1H3. The van der Waals surface area contributed by atoms with Gasteiger partial charge in [-0.05, 0) is 51.6 Å². The summed E-state index contributed by atoms with van der Waals surface area (Å²) in [6, 6.07) is 2.43. The number of nitrogens with one attached hydrogen (secondary N) is 1. The average Bonchev–Trinajstić information content (AvgIpc) is 2.73. The van der Waals surface area contributed by atoms with E-state index in [-0.39, 0.29) is 0 Å². The fraction of sp³-hybridized carbons (Fsp3) is 1.00. The van der Waals surface area contributed by atoms with E-state index < -0.39 is 0 Å². The molecule has 106 valence electrons. The molecule has 0 aromatic carbocycles. The molecule has 2 bridgehead atoms. The van der Waals surface area contributed by atoms with Crippen molar-refractivity contribution in [3.05, 3.63) is 0 Å². The highest BCUT2D eigenvalue weighted by Gasteiger charge is 2.35. The van der Waals surface area contributed by atoms with Crippen molar-refractivity contribution in [1.82, 2.24) is 10.2 Å². The van der Waals surface area contributed by atoms with E-state index in [9.17, 15) is 0 Å². The highest BCUT2D eigenvalue weighted by atomic mass is 16.2. The van der Waals surface area contributed by atoms with E-state index in [0.29, 0.717) is 6.61 Å². The van der Waals surface area contributed by atoms with Gasteiger partial charge in [0.05, 0.1) is 0 Å². The lowest BCUT2D eigenvalue weighted by atomic mass is 9.98. The molecule has 18 heavy (non-hydrogen) atoms. The van der Waals surface area contributed by atoms with Gasteiger partial charge in [0.2, 0.25) is 0 Å². The molecule has 0 aromatic rings. The minimum Gasteiger partial charge on any atom is -0.396 e. The molecule has 3 heteroatoms. The lowest BCUT2D eigenvalue weighted by Crippen LogP contribution is -2.48. The molecule has 0 aliphatic carbocycles. The van der Waals surface area contributed by atoms with Crippen molar-refractivity contribution >= 4 is 0 Å². The summed E-state index contributed by atoms with van der Waals surface area (Å²) in [6.07, 6.45) is 10.3. The van der Waals surface area contributed by atoms with Gasteiger partial charge in [-0.2, -0.15) is 0 Å². The first-order valence-electron chi connectivity index (χ1n) is 7.94. The largest absolute Gasteiger partial charge is 0.396 e. The van der Waals surface area contributed by atoms with Crippen LogP contribution in [0.3, 0.4) is 0 Å². The first-order chi connectivity index (χ1) is 8.83. The van der Waals surface area contributed by atoms with Gasteiger partial charge in [-0.25, -0.2) is 0 Å². The Morgan fingerprint density at radius 3 is 2.33 bits per heavy atom. The first-order valence-corrected chi connectivity index (χ1v) is 7.94. The molecular weight excluding hydrogens is 224 g/mol. The Hall–Kier alpha value is -0.120. The highest BCUT2D eigenvalue weighted by molar-refractivity contribution is 4.95. The van der Waals surface area contributed by atoms with Crippen molar-refractivity contribution in [2.24, 2.45) is 0 Å². The number of hydrogen-bond donors (Lipinski definition) is 2. The molecule has 0 amide bonds. The quantitative estimate of drug-likeness (QED) is 0.652. The lowest BCUT2D eigenvalue weighted by molar-refractivity contribution is 0.145. The van der Waals surface area contributed by atoms with Crippen LogP contribution in [0.4, 0.5) is 0 Å². The number of rotatable bonds is 8. The van der Waals surface area contributed by atoms with Gasteiger partial charge in [0.15, 0.2) is 0 Å². The molecule has 2 heterocycles. The molecule has 0 aromatic heterocycles. The van der Waals surface area contributed by atoms with E-state index in [1.807, 2.05) is 0 Å². The van der Waals surface area contributed by atoms with Gasteiger partial charge in [0.1, 0.15) is 0 Å². The molecule has 0 spiro atoms. The van der Waals surface area contributed by atoms with Gasteiger partial charge in [-0.1, -0.05) is 19.8 Å². The van der Waals surface area contributed by atoms with Crippen molar-refractivity contribution in [3.8, 4) is 0 Å². The van der Waals surface area contributed by atoms with Gasteiger partial charge >= 0.3 is 0 Å². The molecule has 2 saturated heterocycles. The fourth-order valence-electron chi connectivity index (χ4n) is 3.70. The zero-order chi connectivity index (χ0) is 12.8. The van der Waals surface area contributed by atoms with Crippen LogP contribution in [0.5, 0.6) is 0 Å². The molecule has 2 atom stereocenters. The number of aliphatic hydroxyl groups excluding tert-OH is 1. The summed E-state index contributed by atoms with van der Waals surface area (Å²) in [5, 5.41) is 12.5. The van der Waals surface area contributed by atoms with Crippen molar-refractivity contribution in [1.29, 1.82) is 0 Å². The van der Waals surface area contributed by atoms with Crippen LogP contribution in [0.2, 0.25) is 0 Å². The summed E-state index contributed by atoms with van der Waals surface area (Å²) in [6.45, 7) is 5.11. The molecule has 2 aliphatic heterocycles. The van der Waals surface area contributed by atoms with Crippen molar-refractivity contribution < 1.29 is 5.11 Å². The molecule has 2 unspecified atom stereocenters. The number of unbranched alkanes of at least 4 members (excludes halogenated alkanes) is 3. The van der Waals surface area contributed by atoms with E-state index in [1.54, 1.807) is 0 Å². The second-order valence-corrected chi connectivity index (χ2v) is 6.03. The van der Waals surface area contributed by atoms with Gasteiger partial charge < -0.3 is 15.3 Å². The number of hydrogen-bond acceptors (Lipinski definition) is 3. The summed E-state index contributed by atoms with van der Waals surface area (Å²) in [4.78, 5) is 2.70. The third-order valence-electron chi connectivity index (χ3n) is 4.72. The number of nitrogens with zero attached hydrogens (tertiary/aromatic N) is 1. The first kappa shape index (κ1) is 14.3. The van der Waals surface area contributed by atoms with Crippen molar-refractivity contribution in [2.75, 3.05) is 19.7 Å². The third kappa shape index (κ3) is 3.94. The maximum Gasteiger partial charge on any atom is 0.0431 e. The van der Waals surface area contributed by atoms with Crippen LogP contribution >= 0.6 is 0 Å². The monoisotopic (exact) mass is 254 g/mol. The second kappa shape index (κ2) is 7.46. The Bertz CT molecular complexity index is 223. The number of fused-ring (bicyclic) bond motifs is 2. The van der Waals surface area contributed by atoms with E-state index in [0.717, 1.165) is 24.5 Å². The van der Waals surface area contributed by atoms with Gasteiger partial charge in [0.25, 0.3) is 0 Å². The Morgan fingerprint density at radius 2 is 1.72 bits per heavy atom. The third-order valence-corrected chi connectivity index (χ3v) is 4.72. The van der Waals surface area contributed by atoms with E-state index in [2.05, 4.69) is 17.1 Å². The number of piperidine rings is 1. The van der Waals surface area contributed by atoms with Gasteiger partial charge in [-0.3, -0.25) is 0 Å². The minimum absolute atomic E-state index is 0.356. The summed E-state index contributed by atoms with van der Waals surface area (Å²) in [5.74, 6) is 0. The predicted molar refractivity (Wildman–Crippen MR) is 75.8 cm³/mol. The minimum atomic E-state index is 0.356. The van der Waals surface area contributed by atoms with Crippen molar-refractivity contribution in [3.63, 3.8) is 0 Å². The van der Waals surface area contributed by atoms with Crippen molar-refractivity contribution in [2.45, 2.75) is 76.4 Å². The maximum absolute atomic E-state index is 8.77. The van der Waals surface area contributed by atoms with Crippen LogP contribution in [-0.2, 0) is 0 Å². The maximum atomic E-state index is 8.77. The average molecular weight is 254 g/mol. The molecular formula is C15H30N2O. The van der Waals surface area contributed by atoms with Crippen LogP contribution in [0.25, 0.3) is 0 Å². The van der Waals surface area contributed by atoms with Crippen LogP contribution in [-0.4, -0.2) is 47.8 Å². The lowest BCUT2D eigenvalue weighted by Gasteiger charge is -2.37. The van der Waals surface area contributed by atoms with Crippen LogP contribution in [0, 0.1) is 0 Å². The van der Waals surface area contributed by atoms with Gasteiger partial charge in [-0.15, -0.1) is 0 Å². The predicted octanol–water partition coefficient (Wildman–Crippen LogP) is 2.14. The molecule has 2 rings (SSSR count). The smallest absolute Gasteiger partial charge is 0.0431 e. The Labute approximate surface area is 112 Å². The molecule has 2 N–H and O–H groups in total.